The number of aliphatic carboxylic acids is 1. The Balaban J connectivity index is 1.48. The molecule has 2 unspecified atom stereocenters. The SMILES string of the molecule is O=C(O)CCCCCCNC(=O)C1CC1C1CCCCC1. The zero-order valence-electron chi connectivity index (χ0n) is 13.0. The van der Waals surface area contributed by atoms with Crippen LogP contribution >= 0.6 is 0 Å². The molecule has 4 nitrogen and oxygen atoms in total. The lowest BCUT2D eigenvalue weighted by molar-refractivity contribution is -0.137. The highest BCUT2D eigenvalue weighted by atomic mass is 16.4. The molecule has 0 saturated heterocycles. The van der Waals surface area contributed by atoms with Gasteiger partial charge >= 0.3 is 5.97 Å². The first kappa shape index (κ1) is 16.3. The molecule has 0 aromatic carbocycles. The van der Waals surface area contributed by atoms with Gasteiger partial charge in [0, 0.05) is 18.9 Å². The van der Waals surface area contributed by atoms with E-state index < -0.39 is 5.97 Å². The van der Waals surface area contributed by atoms with Gasteiger partial charge < -0.3 is 10.4 Å². The number of carboxylic acid groups (broad SMARTS) is 1. The Hall–Kier alpha value is -1.06. The zero-order chi connectivity index (χ0) is 15.1. The van der Waals surface area contributed by atoms with E-state index in [0.717, 1.165) is 44.6 Å². The van der Waals surface area contributed by atoms with Gasteiger partial charge in [-0.2, -0.15) is 0 Å². The van der Waals surface area contributed by atoms with Crippen molar-refractivity contribution in [2.45, 2.75) is 70.6 Å². The van der Waals surface area contributed by atoms with Crippen LogP contribution in [-0.2, 0) is 9.59 Å². The quantitative estimate of drug-likeness (QED) is 0.641. The molecule has 2 atom stereocenters. The molecule has 1 amide bonds. The first-order valence-corrected chi connectivity index (χ1v) is 8.68. The minimum Gasteiger partial charge on any atom is -0.481 e. The van der Waals surface area contributed by atoms with E-state index >= 15 is 0 Å². The lowest BCUT2D eigenvalue weighted by Crippen LogP contribution is -2.27. The van der Waals surface area contributed by atoms with Crippen molar-refractivity contribution < 1.29 is 14.7 Å². The van der Waals surface area contributed by atoms with Crippen LogP contribution in [0.2, 0.25) is 0 Å². The number of carbonyl (C=O) groups is 2. The van der Waals surface area contributed by atoms with Crippen molar-refractivity contribution in [3.63, 3.8) is 0 Å². The number of unbranched alkanes of at least 4 members (excludes halogenated alkanes) is 3. The summed E-state index contributed by atoms with van der Waals surface area (Å²) in [5.41, 5.74) is 0. The molecule has 2 fully saturated rings. The van der Waals surface area contributed by atoms with Crippen LogP contribution in [0, 0.1) is 17.8 Å². The third-order valence-electron chi connectivity index (χ3n) is 5.05. The van der Waals surface area contributed by atoms with Gasteiger partial charge in [0.05, 0.1) is 0 Å². The average molecular weight is 295 g/mol. The van der Waals surface area contributed by atoms with Crippen molar-refractivity contribution in [2.24, 2.45) is 17.8 Å². The summed E-state index contributed by atoms with van der Waals surface area (Å²) in [4.78, 5) is 22.4. The Morgan fingerprint density at radius 2 is 1.71 bits per heavy atom. The zero-order valence-corrected chi connectivity index (χ0v) is 13.0. The molecule has 0 bridgehead atoms. The minimum atomic E-state index is -0.717. The second-order valence-electron chi connectivity index (χ2n) is 6.75. The smallest absolute Gasteiger partial charge is 0.303 e. The van der Waals surface area contributed by atoms with E-state index in [9.17, 15) is 9.59 Å². The summed E-state index contributed by atoms with van der Waals surface area (Å²) >= 11 is 0. The van der Waals surface area contributed by atoms with Crippen molar-refractivity contribution in [1.82, 2.24) is 5.32 Å². The Morgan fingerprint density at radius 3 is 2.43 bits per heavy atom. The number of hydrogen-bond donors (Lipinski definition) is 2. The summed E-state index contributed by atoms with van der Waals surface area (Å²) in [6.45, 7) is 0.750. The van der Waals surface area contributed by atoms with E-state index in [4.69, 9.17) is 5.11 Å². The van der Waals surface area contributed by atoms with Gasteiger partial charge in [0.1, 0.15) is 0 Å². The first-order chi connectivity index (χ1) is 10.2. The van der Waals surface area contributed by atoms with Crippen LogP contribution in [0.5, 0.6) is 0 Å². The van der Waals surface area contributed by atoms with Gasteiger partial charge in [-0.15, -0.1) is 0 Å². The van der Waals surface area contributed by atoms with Gasteiger partial charge in [-0.3, -0.25) is 9.59 Å². The molecular formula is C17H29NO3. The molecule has 0 radical (unpaired) electrons. The second-order valence-corrected chi connectivity index (χ2v) is 6.75. The highest BCUT2D eigenvalue weighted by molar-refractivity contribution is 5.81. The van der Waals surface area contributed by atoms with Crippen molar-refractivity contribution in [3.05, 3.63) is 0 Å². The van der Waals surface area contributed by atoms with Crippen LogP contribution in [-0.4, -0.2) is 23.5 Å². The van der Waals surface area contributed by atoms with Crippen LogP contribution < -0.4 is 5.32 Å². The average Bonchev–Trinajstić information content (AvgIpc) is 3.27. The fourth-order valence-electron chi connectivity index (χ4n) is 3.70. The van der Waals surface area contributed by atoms with Crippen molar-refractivity contribution >= 4 is 11.9 Å². The molecule has 0 aliphatic heterocycles. The van der Waals surface area contributed by atoms with Gasteiger partial charge in [0.15, 0.2) is 0 Å². The Kier molecular flexibility index (Phi) is 6.52. The van der Waals surface area contributed by atoms with Crippen molar-refractivity contribution in [3.8, 4) is 0 Å². The monoisotopic (exact) mass is 295 g/mol. The van der Waals surface area contributed by atoms with Gasteiger partial charge in [-0.05, 0) is 31.1 Å². The molecule has 2 aliphatic carbocycles. The molecule has 120 valence electrons. The molecular weight excluding hydrogens is 266 g/mol. The van der Waals surface area contributed by atoms with Crippen LogP contribution in [0.25, 0.3) is 0 Å². The maximum Gasteiger partial charge on any atom is 0.303 e. The van der Waals surface area contributed by atoms with Gasteiger partial charge in [-0.1, -0.05) is 44.9 Å². The summed E-state index contributed by atoms with van der Waals surface area (Å²) in [5, 5.41) is 11.6. The third-order valence-corrected chi connectivity index (χ3v) is 5.05. The van der Waals surface area contributed by atoms with Crippen LogP contribution in [0.1, 0.15) is 70.6 Å². The molecule has 2 N–H and O–H groups in total. The summed E-state index contributed by atoms with van der Waals surface area (Å²) in [7, 11) is 0. The standard InChI is InChI=1S/C17H29NO3/c19-16(20)10-6-1-2-7-11-18-17(21)15-12-14(15)13-8-4-3-5-9-13/h13-15H,1-12H2,(H,18,21)(H,19,20). The molecule has 0 aromatic heterocycles. The molecule has 2 saturated carbocycles. The maximum absolute atomic E-state index is 12.0. The largest absolute Gasteiger partial charge is 0.481 e. The predicted octanol–water partition coefficient (Wildman–Crippen LogP) is 3.35. The summed E-state index contributed by atoms with van der Waals surface area (Å²) in [5.74, 6) is 1.31. The van der Waals surface area contributed by atoms with Gasteiger partial charge in [0.2, 0.25) is 5.91 Å². The normalized spacial score (nSPS) is 25.5. The molecule has 0 heterocycles. The fraction of sp³-hybridized carbons (Fsp3) is 0.882. The molecule has 0 spiro atoms. The Bertz CT molecular complexity index is 350. The first-order valence-electron chi connectivity index (χ1n) is 8.68. The summed E-state index contributed by atoms with van der Waals surface area (Å²) < 4.78 is 0. The van der Waals surface area contributed by atoms with Gasteiger partial charge in [0.25, 0.3) is 0 Å². The van der Waals surface area contributed by atoms with Crippen molar-refractivity contribution in [2.75, 3.05) is 6.54 Å². The van der Waals surface area contributed by atoms with E-state index in [1.807, 2.05) is 0 Å². The lowest BCUT2D eigenvalue weighted by atomic mass is 9.85. The van der Waals surface area contributed by atoms with E-state index in [0.29, 0.717) is 11.8 Å². The topological polar surface area (TPSA) is 66.4 Å². The number of carboxylic acids is 1. The van der Waals surface area contributed by atoms with Crippen LogP contribution in [0.3, 0.4) is 0 Å². The van der Waals surface area contributed by atoms with Crippen LogP contribution in [0.15, 0.2) is 0 Å². The van der Waals surface area contributed by atoms with Crippen LogP contribution in [0.4, 0.5) is 0 Å². The van der Waals surface area contributed by atoms with E-state index in [2.05, 4.69) is 5.32 Å². The van der Waals surface area contributed by atoms with Gasteiger partial charge in [-0.25, -0.2) is 0 Å². The Labute approximate surface area is 127 Å². The van der Waals surface area contributed by atoms with E-state index in [-0.39, 0.29) is 12.3 Å². The van der Waals surface area contributed by atoms with Crippen molar-refractivity contribution in [1.29, 1.82) is 0 Å². The van der Waals surface area contributed by atoms with E-state index in [1.165, 1.54) is 32.1 Å². The molecule has 2 rings (SSSR count). The molecule has 0 aromatic rings. The third kappa shape index (κ3) is 5.68. The number of rotatable bonds is 9. The molecule has 21 heavy (non-hydrogen) atoms. The second kappa shape index (κ2) is 8.40. The number of carbonyl (C=O) groups excluding carboxylic acids is 1. The summed E-state index contributed by atoms with van der Waals surface area (Å²) in [6, 6.07) is 0. The highest BCUT2D eigenvalue weighted by Crippen LogP contribution is 2.49. The number of amides is 1. The molecule has 2 aliphatic rings. The summed E-state index contributed by atoms with van der Waals surface area (Å²) in [6.07, 6.45) is 11.8. The molecule has 4 heteroatoms. The predicted molar refractivity (Wildman–Crippen MR) is 81.9 cm³/mol. The fourth-order valence-corrected chi connectivity index (χ4v) is 3.70. The highest BCUT2D eigenvalue weighted by Gasteiger charge is 2.47. The number of hydrogen-bond acceptors (Lipinski definition) is 2. The Morgan fingerprint density at radius 1 is 1.00 bits per heavy atom. The van der Waals surface area contributed by atoms with E-state index in [1.54, 1.807) is 0 Å². The maximum atomic E-state index is 12.0. The minimum absolute atomic E-state index is 0.260. The number of nitrogens with one attached hydrogen (secondary N) is 1. The lowest BCUT2D eigenvalue weighted by Gasteiger charge is -2.21.